The van der Waals surface area contributed by atoms with Crippen LogP contribution in [0.4, 0.5) is 13.2 Å². The summed E-state index contributed by atoms with van der Waals surface area (Å²) >= 11 is -0.257. The van der Waals surface area contributed by atoms with Gasteiger partial charge in [-0.2, -0.15) is 13.2 Å². The predicted molar refractivity (Wildman–Crippen MR) is 69.0 cm³/mol. The Labute approximate surface area is 115 Å². The number of rotatable bonds is 4. The van der Waals surface area contributed by atoms with Gasteiger partial charge in [0.2, 0.25) is 5.91 Å². The highest BCUT2D eigenvalue weighted by molar-refractivity contribution is 8.00. The lowest BCUT2D eigenvalue weighted by molar-refractivity contribution is -0.129. The van der Waals surface area contributed by atoms with E-state index >= 15 is 0 Å². The SMILES string of the molecule is CNCC1CCN(C(=O)CSC(F)(F)F)CC1.Cl. The second kappa shape index (κ2) is 8.12. The maximum absolute atomic E-state index is 11.9. The summed E-state index contributed by atoms with van der Waals surface area (Å²) in [6.45, 7) is 2.05. The molecule has 1 saturated heterocycles. The Balaban J connectivity index is 0.00000289. The number of carbonyl (C=O) groups is 1. The third-order valence-corrected chi connectivity index (χ3v) is 3.54. The van der Waals surface area contributed by atoms with Gasteiger partial charge in [0.25, 0.3) is 0 Å². The van der Waals surface area contributed by atoms with E-state index in [4.69, 9.17) is 0 Å². The minimum Gasteiger partial charge on any atom is -0.342 e. The van der Waals surface area contributed by atoms with E-state index < -0.39 is 17.2 Å². The van der Waals surface area contributed by atoms with E-state index in [9.17, 15) is 18.0 Å². The van der Waals surface area contributed by atoms with Crippen molar-refractivity contribution in [2.75, 3.05) is 32.4 Å². The summed E-state index contributed by atoms with van der Waals surface area (Å²) < 4.78 is 35.8. The fourth-order valence-electron chi connectivity index (χ4n) is 1.91. The summed E-state index contributed by atoms with van der Waals surface area (Å²) in [5, 5.41) is 3.07. The van der Waals surface area contributed by atoms with E-state index in [0.29, 0.717) is 19.0 Å². The van der Waals surface area contributed by atoms with Crippen molar-refractivity contribution in [2.45, 2.75) is 18.3 Å². The summed E-state index contributed by atoms with van der Waals surface area (Å²) in [6.07, 6.45) is 1.73. The highest BCUT2D eigenvalue weighted by Gasteiger charge is 2.31. The Morgan fingerprint density at radius 2 is 1.94 bits per heavy atom. The minimum absolute atomic E-state index is 0. The number of alkyl halides is 3. The molecule has 1 aliphatic rings. The minimum atomic E-state index is -4.32. The largest absolute Gasteiger partial charge is 0.442 e. The van der Waals surface area contributed by atoms with E-state index in [0.717, 1.165) is 19.4 Å². The molecule has 0 aromatic heterocycles. The fraction of sp³-hybridized carbons (Fsp3) is 0.900. The van der Waals surface area contributed by atoms with Gasteiger partial charge in [0.05, 0.1) is 5.75 Å². The van der Waals surface area contributed by atoms with E-state index in [1.807, 2.05) is 7.05 Å². The van der Waals surface area contributed by atoms with E-state index in [-0.39, 0.29) is 24.2 Å². The van der Waals surface area contributed by atoms with Gasteiger partial charge in [-0.1, -0.05) is 0 Å². The van der Waals surface area contributed by atoms with Gasteiger partial charge in [-0.3, -0.25) is 4.79 Å². The highest BCUT2D eigenvalue weighted by atomic mass is 35.5. The monoisotopic (exact) mass is 306 g/mol. The summed E-state index contributed by atoms with van der Waals surface area (Å²) in [4.78, 5) is 13.0. The molecule has 0 atom stereocenters. The van der Waals surface area contributed by atoms with Gasteiger partial charge in [-0.05, 0) is 44.1 Å². The number of carbonyl (C=O) groups excluding carboxylic acids is 1. The zero-order chi connectivity index (χ0) is 12.9. The Hall–Kier alpha value is -0.140. The van der Waals surface area contributed by atoms with Crippen molar-refractivity contribution in [3.63, 3.8) is 0 Å². The first-order valence-electron chi connectivity index (χ1n) is 5.55. The number of hydrogen-bond acceptors (Lipinski definition) is 3. The number of nitrogens with zero attached hydrogens (tertiary/aromatic N) is 1. The molecule has 18 heavy (non-hydrogen) atoms. The van der Waals surface area contributed by atoms with Crippen molar-refractivity contribution in [1.29, 1.82) is 0 Å². The maximum Gasteiger partial charge on any atom is 0.442 e. The van der Waals surface area contributed by atoms with Crippen molar-refractivity contribution >= 4 is 30.1 Å². The normalized spacial score (nSPS) is 17.4. The number of hydrogen-bond donors (Lipinski definition) is 1. The van der Waals surface area contributed by atoms with Crippen LogP contribution < -0.4 is 5.32 Å². The summed E-state index contributed by atoms with van der Waals surface area (Å²) in [5.74, 6) is -0.380. The van der Waals surface area contributed by atoms with Crippen LogP contribution in [-0.4, -0.2) is 48.8 Å². The summed E-state index contributed by atoms with van der Waals surface area (Å²) in [5.41, 5.74) is -4.32. The topological polar surface area (TPSA) is 32.3 Å². The van der Waals surface area contributed by atoms with Crippen molar-refractivity contribution < 1.29 is 18.0 Å². The van der Waals surface area contributed by atoms with Crippen LogP contribution in [0.2, 0.25) is 0 Å². The second-order valence-corrected chi connectivity index (χ2v) is 5.16. The van der Waals surface area contributed by atoms with E-state index in [2.05, 4.69) is 5.32 Å². The van der Waals surface area contributed by atoms with Crippen molar-refractivity contribution in [3.8, 4) is 0 Å². The zero-order valence-corrected chi connectivity index (χ0v) is 11.8. The number of likely N-dealkylation sites (tertiary alicyclic amines) is 1. The average molecular weight is 307 g/mol. The van der Waals surface area contributed by atoms with E-state index in [1.54, 1.807) is 0 Å². The van der Waals surface area contributed by atoms with E-state index in [1.165, 1.54) is 4.90 Å². The lowest BCUT2D eigenvalue weighted by Gasteiger charge is -2.32. The molecule has 0 bridgehead atoms. The third-order valence-electron chi connectivity index (χ3n) is 2.82. The first-order chi connectivity index (χ1) is 7.92. The third kappa shape index (κ3) is 6.70. The lowest BCUT2D eigenvalue weighted by atomic mass is 9.97. The van der Waals surface area contributed by atoms with Crippen molar-refractivity contribution in [1.82, 2.24) is 10.2 Å². The number of piperidine rings is 1. The van der Waals surface area contributed by atoms with Crippen LogP contribution in [0.5, 0.6) is 0 Å². The van der Waals surface area contributed by atoms with Crippen LogP contribution in [0, 0.1) is 5.92 Å². The molecule has 0 radical (unpaired) electrons. The van der Waals surface area contributed by atoms with Gasteiger partial charge in [-0.15, -0.1) is 12.4 Å². The van der Waals surface area contributed by atoms with Gasteiger partial charge in [0.15, 0.2) is 0 Å². The molecule has 108 valence electrons. The molecule has 0 spiro atoms. The average Bonchev–Trinajstić information content (AvgIpc) is 2.26. The van der Waals surface area contributed by atoms with Crippen molar-refractivity contribution in [3.05, 3.63) is 0 Å². The molecule has 0 unspecified atom stereocenters. The molecule has 3 nitrogen and oxygen atoms in total. The number of halogens is 4. The molecular formula is C10H18ClF3N2OS. The maximum atomic E-state index is 11.9. The summed E-state index contributed by atoms with van der Waals surface area (Å²) in [7, 11) is 1.87. The molecule has 0 aliphatic carbocycles. The Morgan fingerprint density at radius 1 is 1.39 bits per heavy atom. The van der Waals surface area contributed by atoms with Crippen LogP contribution in [0.1, 0.15) is 12.8 Å². The smallest absolute Gasteiger partial charge is 0.342 e. The number of amides is 1. The van der Waals surface area contributed by atoms with Crippen LogP contribution in [0.25, 0.3) is 0 Å². The van der Waals surface area contributed by atoms with Gasteiger partial charge < -0.3 is 10.2 Å². The number of thioether (sulfide) groups is 1. The second-order valence-electron chi connectivity index (χ2n) is 4.12. The van der Waals surface area contributed by atoms with Gasteiger partial charge in [0, 0.05) is 13.1 Å². The molecule has 1 amide bonds. The zero-order valence-electron chi connectivity index (χ0n) is 10.1. The first kappa shape index (κ1) is 17.9. The van der Waals surface area contributed by atoms with Crippen LogP contribution in [0.15, 0.2) is 0 Å². The standard InChI is InChI=1S/C10H17F3N2OS.ClH/c1-14-6-8-2-4-15(5-3-8)9(16)7-17-10(11,12)13;/h8,14H,2-7H2,1H3;1H. The molecule has 0 saturated carbocycles. The highest BCUT2D eigenvalue weighted by Crippen LogP contribution is 2.30. The van der Waals surface area contributed by atoms with Crippen LogP contribution in [0.3, 0.4) is 0 Å². The lowest BCUT2D eigenvalue weighted by Crippen LogP contribution is -2.41. The first-order valence-corrected chi connectivity index (χ1v) is 6.54. The predicted octanol–water partition coefficient (Wildman–Crippen LogP) is 2.12. The molecule has 1 rings (SSSR count). The Kier molecular flexibility index (Phi) is 8.05. The molecule has 1 N–H and O–H groups in total. The summed E-state index contributed by atoms with van der Waals surface area (Å²) in [6, 6.07) is 0. The number of nitrogens with one attached hydrogen (secondary N) is 1. The Morgan fingerprint density at radius 3 is 2.39 bits per heavy atom. The fourth-order valence-corrected chi connectivity index (χ4v) is 2.38. The van der Waals surface area contributed by atoms with Gasteiger partial charge in [0.1, 0.15) is 0 Å². The Bertz CT molecular complexity index is 258. The molecule has 0 aromatic rings. The molecular weight excluding hydrogens is 289 g/mol. The van der Waals surface area contributed by atoms with Gasteiger partial charge in [-0.25, -0.2) is 0 Å². The molecule has 8 heteroatoms. The molecule has 1 heterocycles. The molecule has 0 aromatic carbocycles. The van der Waals surface area contributed by atoms with Crippen LogP contribution in [-0.2, 0) is 4.79 Å². The quantitative estimate of drug-likeness (QED) is 0.863. The van der Waals surface area contributed by atoms with Gasteiger partial charge >= 0.3 is 5.51 Å². The van der Waals surface area contributed by atoms with Crippen LogP contribution >= 0.6 is 24.2 Å². The molecule has 1 aliphatic heterocycles. The molecule has 1 fully saturated rings. The van der Waals surface area contributed by atoms with Crippen molar-refractivity contribution in [2.24, 2.45) is 5.92 Å².